The third-order valence-corrected chi connectivity index (χ3v) is 4.77. The second kappa shape index (κ2) is 13.5. The molecule has 168 valence electrons. The molecule has 0 fully saturated rings. The van der Waals surface area contributed by atoms with E-state index in [0.29, 0.717) is 23.8 Å². The molecule has 0 spiro atoms. The van der Waals surface area contributed by atoms with E-state index in [1.165, 1.54) is 0 Å². The number of carbonyl (C=O) groups is 2. The van der Waals surface area contributed by atoms with E-state index in [9.17, 15) is 9.59 Å². The molecule has 0 aromatic heterocycles. The van der Waals surface area contributed by atoms with Crippen molar-refractivity contribution >= 4 is 23.4 Å². The van der Waals surface area contributed by atoms with Crippen LogP contribution in [0.5, 0.6) is 0 Å². The van der Waals surface area contributed by atoms with Crippen LogP contribution in [0.15, 0.2) is 78.9 Å². The summed E-state index contributed by atoms with van der Waals surface area (Å²) in [5.74, 6) is -0.713. The lowest BCUT2D eigenvalue weighted by Crippen LogP contribution is -2.25. The molecule has 0 radical (unpaired) electrons. The molecule has 3 aromatic carbocycles. The maximum Gasteiger partial charge on any atom is 0.310 e. The first kappa shape index (κ1) is 25.3. The van der Waals surface area contributed by atoms with Crippen LogP contribution < -0.4 is 0 Å². The Balaban J connectivity index is 0.00000176. The Hall–Kier alpha value is -2.95. The SMILES string of the molecule is CC.CC(OC(=O)Cc1cccc(Cl)c1)C(=O)c1ccc(COCc2ccccc2)cc1. The van der Waals surface area contributed by atoms with E-state index in [0.717, 1.165) is 16.7 Å². The predicted molar refractivity (Wildman–Crippen MR) is 128 cm³/mol. The Kier molecular flexibility index (Phi) is 10.6. The molecule has 0 aliphatic rings. The molecular weight excluding hydrogens is 424 g/mol. The summed E-state index contributed by atoms with van der Waals surface area (Å²) in [6, 6.07) is 24.1. The first-order valence-electron chi connectivity index (χ1n) is 10.7. The van der Waals surface area contributed by atoms with E-state index in [1.54, 1.807) is 43.3 Å². The van der Waals surface area contributed by atoms with Gasteiger partial charge in [0.05, 0.1) is 19.6 Å². The van der Waals surface area contributed by atoms with Crippen LogP contribution >= 0.6 is 11.6 Å². The molecule has 0 N–H and O–H groups in total. The smallest absolute Gasteiger partial charge is 0.310 e. The van der Waals surface area contributed by atoms with Crippen LogP contribution in [0.4, 0.5) is 0 Å². The Morgan fingerprint density at radius 3 is 2.03 bits per heavy atom. The minimum Gasteiger partial charge on any atom is -0.454 e. The van der Waals surface area contributed by atoms with Crippen LogP contribution in [-0.2, 0) is 33.9 Å². The van der Waals surface area contributed by atoms with Gasteiger partial charge in [0.1, 0.15) is 0 Å². The van der Waals surface area contributed by atoms with Gasteiger partial charge in [-0.1, -0.05) is 92.2 Å². The highest BCUT2D eigenvalue weighted by Gasteiger charge is 2.19. The van der Waals surface area contributed by atoms with Gasteiger partial charge < -0.3 is 9.47 Å². The largest absolute Gasteiger partial charge is 0.454 e. The van der Waals surface area contributed by atoms with E-state index in [4.69, 9.17) is 21.1 Å². The van der Waals surface area contributed by atoms with Gasteiger partial charge in [-0.3, -0.25) is 9.59 Å². The van der Waals surface area contributed by atoms with Crippen LogP contribution in [0.1, 0.15) is 47.8 Å². The lowest BCUT2D eigenvalue weighted by Gasteiger charge is -2.13. The van der Waals surface area contributed by atoms with Crippen molar-refractivity contribution in [3.63, 3.8) is 0 Å². The summed E-state index contributed by atoms with van der Waals surface area (Å²) >= 11 is 5.92. The van der Waals surface area contributed by atoms with Gasteiger partial charge in [-0.2, -0.15) is 0 Å². The number of carbonyl (C=O) groups excluding carboxylic acids is 2. The number of benzene rings is 3. The van der Waals surface area contributed by atoms with Gasteiger partial charge in [0.2, 0.25) is 5.78 Å². The molecule has 5 heteroatoms. The zero-order chi connectivity index (χ0) is 23.3. The highest BCUT2D eigenvalue weighted by atomic mass is 35.5. The molecular formula is C27H29ClO4. The maximum atomic E-state index is 12.6. The van der Waals surface area contributed by atoms with Gasteiger partial charge in [0.25, 0.3) is 0 Å². The number of esters is 1. The minimum atomic E-state index is -0.864. The number of ether oxygens (including phenoxy) is 2. The van der Waals surface area contributed by atoms with E-state index < -0.39 is 12.1 Å². The molecule has 3 rings (SSSR count). The average molecular weight is 453 g/mol. The third-order valence-electron chi connectivity index (χ3n) is 4.53. The normalized spacial score (nSPS) is 11.1. The fourth-order valence-electron chi connectivity index (χ4n) is 2.97. The van der Waals surface area contributed by atoms with Gasteiger partial charge in [0.15, 0.2) is 6.10 Å². The Labute approximate surface area is 195 Å². The van der Waals surface area contributed by atoms with Gasteiger partial charge >= 0.3 is 5.97 Å². The number of Topliss-reactive ketones (excluding diaryl/α,β-unsaturated/α-hetero) is 1. The molecule has 0 aliphatic carbocycles. The van der Waals surface area contributed by atoms with E-state index in [-0.39, 0.29) is 12.2 Å². The van der Waals surface area contributed by atoms with Crippen molar-refractivity contribution in [2.75, 3.05) is 0 Å². The summed E-state index contributed by atoms with van der Waals surface area (Å²) in [6.45, 7) is 6.56. The molecule has 1 atom stereocenters. The predicted octanol–water partition coefficient (Wildman–Crippen LogP) is 6.44. The number of hydrogen-bond acceptors (Lipinski definition) is 4. The van der Waals surface area contributed by atoms with Crippen LogP contribution in [-0.4, -0.2) is 17.9 Å². The van der Waals surface area contributed by atoms with Crippen molar-refractivity contribution in [2.45, 2.75) is 46.5 Å². The molecule has 3 aromatic rings. The van der Waals surface area contributed by atoms with Crippen LogP contribution in [0.2, 0.25) is 5.02 Å². The number of rotatable bonds is 9. The van der Waals surface area contributed by atoms with Crippen molar-refractivity contribution in [3.05, 3.63) is 106 Å². The summed E-state index contributed by atoms with van der Waals surface area (Å²) in [5.41, 5.74) is 3.31. The van der Waals surface area contributed by atoms with Crippen molar-refractivity contribution in [1.29, 1.82) is 0 Å². The monoisotopic (exact) mass is 452 g/mol. The average Bonchev–Trinajstić information content (AvgIpc) is 2.81. The summed E-state index contributed by atoms with van der Waals surface area (Å²) < 4.78 is 11.0. The van der Waals surface area contributed by atoms with Gasteiger partial charge in [0, 0.05) is 10.6 Å². The van der Waals surface area contributed by atoms with Gasteiger partial charge in [-0.15, -0.1) is 0 Å². The molecule has 0 saturated carbocycles. The first-order valence-corrected chi connectivity index (χ1v) is 11.1. The van der Waals surface area contributed by atoms with Crippen molar-refractivity contribution in [3.8, 4) is 0 Å². The second-order valence-electron chi connectivity index (χ2n) is 6.98. The number of ketones is 1. The van der Waals surface area contributed by atoms with Crippen molar-refractivity contribution in [1.82, 2.24) is 0 Å². The second-order valence-corrected chi connectivity index (χ2v) is 7.41. The third kappa shape index (κ3) is 8.29. The van der Waals surface area contributed by atoms with E-state index in [1.807, 2.05) is 56.3 Å². The quantitative estimate of drug-likeness (QED) is 0.277. The highest BCUT2D eigenvalue weighted by molar-refractivity contribution is 6.30. The topological polar surface area (TPSA) is 52.6 Å². The van der Waals surface area contributed by atoms with Crippen LogP contribution in [0, 0.1) is 0 Å². The molecule has 0 saturated heterocycles. The Bertz CT molecular complexity index is 984. The van der Waals surface area contributed by atoms with Gasteiger partial charge in [-0.05, 0) is 35.7 Å². The number of halogens is 1. The maximum absolute atomic E-state index is 12.6. The van der Waals surface area contributed by atoms with Crippen molar-refractivity contribution < 1.29 is 19.1 Å². The molecule has 0 bridgehead atoms. The first-order chi connectivity index (χ1) is 15.5. The molecule has 4 nitrogen and oxygen atoms in total. The van der Waals surface area contributed by atoms with Gasteiger partial charge in [-0.25, -0.2) is 0 Å². The fraction of sp³-hybridized carbons (Fsp3) is 0.259. The lowest BCUT2D eigenvalue weighted by atomic mass is 10.1. The molecule has 0 aliphatic heterocycles. The Morgan fingerprint density at radius 1 is 0.812 bits per heavy atom. The summed E-state index contributed by atoms with van der Waals surface area (Å²) in [4.78, 5) is 24.7. The van der Waals surface area contributed by atoms with Crippen LogP contribution in [0.3, 0.4) is 0 Å². The molecule has 0 amide bonds. The summed E-state index contributed by atoms with van der Waals surface area (Å²) in [6.07, 6.45) is -0.799. The van der Waals surface area contributed by atoms with Crippen LogP contribution in [0.25, 0.3) is 0 Å². The number of hydrogen-bond donors (Lipinski definition) is 0. The summed E-state index contributed by atoms with van der Waals surface area (Å²) in [7, 11) is 0. The lowest BCUT2D eigenvalue weighted by molar-refractivity contribution is -0.145. The zero-order valence-corrected chi connectivity index (χ0v) is 19.5. The molecule has 0 heterocycles. The van der Waals surface area contributed by atoms with E-state index in [2.05, 4.69) is 0 Å². The standard InChI is InChI=1S/C25H23ClO4.C2H6/c1-18(30-24(27)15-21-8-5-9-23(26)14-21)25(28)22-12-10-20(11-13-22)17-29-16-19-6-3-2-4-7-19;1-2/h2-14,18H,15-17H2,1H3;1-2H3. The highest BCUT2D eigenvalue weighted by Crippen LogP contribution is 2.14. The minimum absolute atomic E-state index is 0.0653. The zero-order valence-electron chi connectivity index (χ0n) is 18.7. The van der Waals surface area contributed by atoms with E-state index >= 15 is 0 Å². The summed E-state index contributed by atoms with van der Waals surface area (Å²) in [5, 5.41) is 0.553. The molecule has 32 heavy (non-hydrogen) atoms. The fourth-order valence-corrected chi connectivity index (χ4v) is 3.18. The van der Waals surface area contributed by atoms with Crippen molar-refractivity contribution in [2.24, 2.45) is 0 Å². The Morgan fingerprint density at radius 2 is 1.41 bits per heavy atom. The molecule has 1 unspecified atom stereocenters.